The number of nitro groups is 1. The van der Waals surface area contributed by atoms with Crippen LogP contribution in [0, 0.1) is 10.1 Å². The van der Waals surface area contributed by atoms with Crippen molar-refractivity contribution in [2.75, 3.05) is 6.61 Å². The zero-order valence-corrected chi connectivity index (χ0v) is 11.1. The molecule has 5 nitrogen and oxygen atoms in total. The Labute approximate surface area is 116 Å². The van der Waals surface area contributed by atoms with Crippen molar-refractivity contribution in [2.45, 2.75) is 13.5 Å². The summed E-state index contributed by atoms with van der Waals surface area (Å²) in [6, 6.07) is 14.0. The van der Waals surface area contributed by atoms with E-state index in [1.807, 2.05) is 37.3 Å². The van der Waals surface area contributed by atoms with Crippen molar-refractivity contribution in [3.8, 4) is 11.5 Å². The van der Waals surface area contributed by atoms with Crippen molar-refractivity contribution in [2.24, 2.45) is 0 Å². The molecule has 0 saturated heterocycles. The van der Waals surface area contributed by atoms with Crippen LogP contribution in [0.4, 0.5) is 5.69 Å². The molecular formula is C15H15NO4. The maximum absolute atomic E-state index is 11.0. The van der Waals surface area contributed by atoms with E-state index in [0.29, 0.717) is 12.4 Å². The highest BCUT2D eigenvalue weighted by Crippen LogP contribution is 2.31. The van der Waals surface area contributed by atoms with Crippen molar-refractivity contribution in [1.82, 2.24) is 0 Å². The first-order chi connectivity index (χ1) is 9.70. The Hall–Kier alpha value is -2.56. The molecule has 0 fully saturated rings. The molecule has 0 aliphatic carbocycles. The molecule has 0 amide bonds. The smallest absolute Gasteiger partial charge is 0.311 e. The van der Waals surface area contributed by atoms with E-state index in [0.717, 1.165) is 5.56 Å². The normalized spacial score (nSPS) is 10.1. The summed E-state index contributed by atoms with van der Waals surface area (Å²) in [5, 5.41) is 11.0. The maximum Gasteiger partial charge on any atom is 0.311 e. The minimum atomic E-state index is -0.462. The molecule has 20 heavy (non-hydrogen) atoms. The van der Waals surface area contributed by atoms with E-state index < -0.39 is 4.92 Å². The average Bonchev–Trinajstić information content (AvgIpc) is 2.46. The predicted molar refractivity (Wildman–Crippen MR) is 75.0 cm³/mol. The molecule has 2 aromatic carbocycles. The summed E-state index contributed by atoms with van der Waals surface area (Å²) in [5.41, 5.74) is 0.882. The number of benzene rings is 2. The highest BCUT2D eigenvalue weighted by atomic mass is 16.6. The molecule has 2 aromatic rings. The van der Waals surface area contributed by atoms with Gasteiger partial charge in [0.15, 0.2) is 0 Å². The van der Waals surface area contributed by atoms with Gasteiger partial charge < -0.3 is 9.47 Å². The molecule has 0 spiro atoms. The molecule has 104 valence electrons. The van der Waals surface area contributed by atoms with Gasteiger partial charge in [-0.1, -0.05) is 30.3 Å². The molecular weight excluding hydrogens is 258 g/mol. The lowest BCUT2D eigenvalue weighted by Crippen LogP contribution is -2.00. The molecule has 0 heterocycles. The predicted octanol–water partition coefficient (Wildman–Crippen LogP) is 3.57. The Balaban J connectivity index is 2.19. The number of hydrogen-bond acceptors (Lipinski definition) is 4. The summed E-state index contributed by atoms with van der Waals surface area (Å²) >= 11 is 0. The van der Waals surface area contributed by atoms with Gasteiger partial charge in [0.25, 0.3) is 0 Å². The van der Waals surface area contributed by atoms with Crippen LogP contribution in [0.3, 0.4) is 0 Å². The van der Waals surface area contributed by atoms with E-state index >= 15 is 0 Å². The van der Waals surface area contributed by atoms with Crippen LogP contribution in [0.2, 0.25) is 0 Å². The minimum absolute atomic E-state index is 0.0654. The third-order valence-corrected chi connectivity index (χ3v) is 2.68. The monoisotopic (exact) mass is 273 g/mol. The zero-order chi connectivity index (χ0) is 14.4. The van der Waals surface area contributed by atoms with Crippen LogP contribution in [-0.2, 0) is 6.61 Å². The van der Waals surface area contributed by atoms with Gasteiger partial charge in [-0.2, -0.15) is 0 Å². The summed E-state index contributed by atoms with van der Waals surface area (Å²) in [6.07, 6.45) is 0. The van der Waals surface area contributed by atoms with Gasteiger partial charge in [0.05, 0.1) is 11.5 Å². The summed E-state index contributed by atoms with van der Waals surface area (Å²) in [6.45, 7) is 2.62. The zero-order valence-electron chi connectivity index (χ0n) is 11.1. The second kappa shape index (κ2) is 6.56. The largest absolute Gasteiger partial charge is 0.494 e. The molecule has 2 rings (SSSR count). The molecule has 0 aliphatic rings. The van der Waals surface area contributed by atoms with Gasteiger partial charge in [-0.25, -0.2) is 0 Å². The molecule has 0 N–H and O–H groups in total. The first kappa shape index (κ1) is 13.9. The molecule has 0 aliphatic heterocycles. The third-order valence-electron chi connectivity index (χ3n) is 2.68. The maximum atomic E-state index is 11.0. The fraction of sp³-hybridized carbons (Fsp3) is 0.200. The van der Waals surface area contributed by atoms with Crippen LogP contribution in [0.15, 0.2) is 48.5 Å². The van der Waals surface area contributed by atoms with Gasteiger partial charge >= 0.3 is 5.69 Å². The van der Waals surface area contributed by atoms with Crippen molar-refractivity contribution < 1.29 is 14.4 Å². The van der Waals surface area contributed by atoms with E-state index in [1.54, 1.807) is 12.1 Å². The molecule has 0 aromatic heterocycles. The van der Waals surface area contributed by atoms with E-state index in [4.69, 9.17) is 9.47 Å². The first-order valence-electron chi connectivity index (χ1n) is 6.28. The molecule has 0 bridgehead atoms. The Morgan fingerprint density at radius 1 is 1.10 bits per heavy atom. The summed E-state index contributed by atoms with van der Waals surface area (Å²) in [7, 11) is 0. The van der Waals surface area contributed by atoms with Gasteiger partial charge in [-0.3, -0.25) is 10.1 Å². The fourth-order valence-electron chi connectivity index (χ4n) is 1.75. The Kier molecular flexibility index (Phi) is 4.55. The lowest BCUT2D eigenvalue weighted by Gasteiger charge is -2.09. The van der Waals surface area contributed by atoms with Crippen molar-refractivity contribution >= 4 is 5.69 Å². The van der Waals surface area contributed by atoms with Crippen LogP contribution in [0.25, 0.3) is 0 Å². The van der Waals surface area contributed by atoms with Crippen LogP contribution in [0.1, 0.15) is 12.5 Å². The summed E-state index contributed by atoms with van der Waals surface area (Å²) in [4.78, 5) is 10.5. The van der Waals surface area contributed by atoms with E-state index in [9.17, 15) is 10.1 Å². The SMILES string of the molecule is CCOc1ccc([N+](=O)[O-])c(OCc2ccccc2)c1. The van der Waals surface area contributed by atoms with Crippen molar-refractivity contribution in [3.05, 3.63) is 64.2 Å². The third kappa shape index (κ3) is 3.47. The summed E-state index contributed by atoms with van der Waals surface area (Å²) < 4.78 is 10.9. The quantitative estimate of drug-likeness (QED) is 0.596. The standard InChI is InChI=1S/C15H15NO4/c1-2-19-13-8-9-14(16(17)18)15(10-13)20-11-12-6-4-3-5-7-12/h3-10H,2,11H2,1H3. The van der Waals surface area contributed by atoms with Crippen LogP contribution >= 0.6 is 0 Å². The van der Waals surface area contributed by atoms with Gasteiger partial charge in [-0.15, -0.1) is 0 Å². The van der Waals surface area contributed by atoms with Gasteiger partial charge in [-0.05, 0) is 18.6 Å². The average molecular weight is 273 g/mol. The lowest BCUT2D eigenvalue weighted by molar-refractivity contribution is -0.386. The number of nitro benzene ring substituents is 1. The lowest BCUT2D eigenvalue weighted by atomic mass is 10.2. The first-order valence-corrected chi connectivity index (χ1v) is 6.28. The topological polar surface area (TPSA) is 61.6 Å². The number of nitrogens with zero attached hydrogens (tertiary/aromatic N) is 1. The van der Waals surface area contributed by atoms with Crippen LogP contribution in [-0.4, -0.2) is 11.5 Å². The molecule has 0 unspecified atom stereocenters. The summed E-state index contributed by atoms with van der Waals surface area (Å²) in [5.74, 6) is 0.769. The van der Waals surface area contributed by atoms with Crippen LogP contribution in [0.5, 0.6) is 11.5 Å². The van der Waals surface area contributed by atoms with E-state index in [1.165, 1.54) is 6.07 Å². The second-order valence-electron chi connectivity index (χ2n) is 4.09. The number of ether oxygens (including phenoxy) is 2. The molecule has 0 atom stereocenters. The number of hydrogen-bond donors (Lipinski definition) is 0. The van der Waals surface area contributed by atoms with Gasteiger partial charge in [0.2, 0.25) is 5.75 Å². The van der Waals surface area contributed by atoms with E-state index in [-0.39, 0.29) is 18.0 Å². The van der Waals surface area contributed by atoms with Gasteiger partial charge in [0, 0.05) is 12.1 Å². The molecule has 0 saturated carbocycles. The highest BCUT2D eigenvalue weighted by Gasteiger charge is 2.16. The van der Waals surface area contributed by atoms with E-state index in [2.05, 4.69) is 0 Å². The van der Waals surface area contributed by atoms with Crippen molar-refractivity contribution in [3.63, 3.8) is 0 Å². The van der Waals surface area contributed by atoms with Crippen molar-refractivity contribution in [1.29, 1.82) is 0 Å². The Morgan fingerprint density at radius 3 is 2.50 bits per heavy atom. The Morgan fingerprint density at radius 2 is 1.85 bits per heavy atom. The fourth-order valence-corrected chi connectivity index (χ4v) is 1.75. The van der Waals surface area contributed by atoms with Gasteiger partial charge in [0.1, 0.15) is 12.4 Å². The highest BCUT2D eigenvalue weighted by molar-refractivity contribution is 5.50. The Bertz CT molecular complexity index is 584. The number of rotatable bonds is 6. The molecule has 0 radical (unpaired) electrons. The minimum Gasteiger partial charge on any atom is -0.494 e. The second-order valence-corrected chi connectivity index (χ2v) is 4.09. The molecule has 5 heteroatoms. The van der Waals surface area contributed by atoms with Crippen LogP contribution < -0.4 is 9.47 Å².